The molecule has 0 aromatic rings. The molecular weight excluding hydrogens is 342 g/mol. The van der Waals surface area contributed by atoms with Crippen LogP contribution in [-0.4, -0.2) is 60.5 Å². The third kappa shape index (κ3) is 6.74. The summed E-state index contributed by atoms with van der Waals surface area (Å²) < 4.78 is 5.45. The Hall–Kier alpha value is -1.17. The van der Waals surface area contributed by atoms with Gasteiger partial charge < -0.3 is 19.8 Å². The van der Waals surface area contributed by atoms with Crippen LogP contribution < -0.4 is 0 Å². The summed E-state index contributed by atoms with van der Waals surface area (Å²) in [5.74, 6) is 1.08. The minimum absolute atomic E-state index is 0.0255. The van der Waals surface area contributed by atoms with Gasteiger partial charge in [-0.05, 0) is 37.5 Å². The zero-order valence-electron chi connectivity index (χ0n) is 17.1. The van der Waals surface area contributed by atoms with Crippen molar-refractivity contribution in [2.24, 2.45) is 17.8 Å². The molecule has 2 aliphatic carbocycles. The molecule has 5 heteroatoms. The van der Waals surface area contributed by atoms with Gasteiger partial charge in [-0.2, -0.15) is 0 Å². The summed E-state index contributed by atoms with van der Waals surface area (Å²) in [6.45, 7) is 2.74. The molecule has 0 radical (unpaired) electrons. The van der Waals surface area contributed by atoms with E-state index in [1.807, 2.05) is 6.08 Å². The van der Waals surface area contributed by atoms with E-state index in [0.717, 1.165) is 44.9 Å². The molecule has 2 N–H and O–H groups in total. The molecule has 2 fully saturated rings. The van der Waals surface area contributed by atoms with Crippen molar-refractivity contribution in [3.05, 3.63) is 23.8 Å². The summed E-state index contributed by atoms with van der Waals surface area (Å²) in [7, 11) is 3.45. The Morgan fingerprint density at radius 1 is 1.33 bits per heavy atom. The number of carbonyl (C=O) groups excluding carboxylic acids is 1. The Kier molecular flexibility index (Phi) is 9.00. The number of aliphatic hydroxyl groups is 2. The summed E-state index contributed by atoms with van der Waals surface area (Å²) >= 11 is 0. The number of rotatable bonds is 10. The number of nitrogens with zero attached hydrogens (tertiary/aromatic N) is 1. The minimum atomic E-state index is -0.401. The standard InChI is InChI=1S/C22H37NO4/c1-4-5-6-7-18(24)8-9-19-20-13-16(12-17(20)14-21(19)25)10-11-27-15-22(26)23(2)3/h8-10,17-21,24-25H,4-7,11-15H2,1-3H3/t17-,18-,19+,20-,21+/m0/s1. The molecule has 0 bridgehead atoms. The van der Waals surface area contributed by atoms with E-state index in [2.05, 4.69) is 19.1 Å². The first kappa shape index (κ1) is 22.1. The van der Waals surface area contributed by atoms with Crippen molar-refractivity contribution in [1.82, 2.24) is 4.90 Å². The van der Waals surface area contributed by atoms with Crippen molar-refractivity contribution in [3.63, 3.8) is 0 Å². The van der Waals surface area contributed by atoms with Gasteiger partial charge >= 0.3 is 0 Å². The average Bonchev–Trinajstić information content (AvgIpc) is 3.13. The number of fused-ring (bicyclic) bond motifs is 1. The molecule has 2 aliphatic rings. The zero-order chi connectivity index (χ0) is 19.8. The molecule has 5 atom stereocenters. The van der Waals surface area contributed by atoms with Crippen molar-refractivity contribution in [2.45, 2.75) is 64.1 Å². The second-order valence-electron chi connectivity index (χ2n) is 8.33. The van der Waals surface area contributed by atoms with Crippen LogP contribution in [0.25, 0.3) is 0 Å². The lowest BCUT2D eigenvalue weighted by Crippen LogP contribution is -2.26. The van der Waals surface area contributed by atoms with Gasteiger partial charge in [0.15, 0.2) is 0 Å². The molecule has 1 amide bonds. The van der Waals surface area contributed by atoms with Gasteiger partial charge in [0.25, 0.3) is 0 Å². The first-order chi connectivity index (χ1) is 12.9. The van der Waals surface area contributed by atoms with Crippen molar-refractivity contribution < 1.29 is 19.7 Å². The third-order valence-corrected chi connectivity index (χ3v) is 5.98. The number of aliphatic hydroxyl groups excluding tert-OH is 2. The second kappa shape index (κ2) is 11.0. The van der Waals surface area contributed by atoms with Crippen LogP contribution in [0, 0.1) is 17.8 Å². The van der Waals surface area contributed by atoms with E-state index < -0.39 is 6.10 Å². The van der Waals surface area contributed by atoms with E-state index in [9.17, 15) is 15.0 Å². The van der Waals surface area contributed by atoms with Crippen molar-refractivity contribution in [2.75, 3.05) is 27.3 Å². The molecular formula is C22H37NO4. The minimum Gasteiger partial charge on any atom is -0.392 e. The lowest BCUT2D eigenvalue weighted by atomic mass is 9.90. The van der Waals surface area contributed by atoms with Gasteiger partial charge in [0.05, 0.1) is 18.8 Å². The van der Waals surface area contributed by atoms with E-state index in [4.69, 9.17) is 4.74 Å². The van der Waals surface area contributed by atoms with E-state index in [0.29, 0.717) is 18.4 Å². The molecule has 0 heterocycles. The number of unbranched alkanes of at least 4 members (excludes halogenated alkanes) is 2. The second-order valence-corrected chi connectivity index (χ2v) is 8.33. The number of allylic oxidation sites excluding steroid dienone is 1. The van der Waals surface area contributed by atoms with Crippen LogP contribution in [0.15, 0.2) is 23.8 Å². The van der Waals surface area contributed by atoms with Crippen LogP contribution in [0.2, 0.25) is 0 Å². The van der Waals surface area contributed by atoms with Gasteiger partial charge in [0.2, 0.25) is 5.91 Å². The predicted octanol–water partition coefficient (Wildman–Crippen LogP) is 2.92. The fraction of sp³-hybridized carbons (Fsp3) is 0.773. The fourth-order valence-corrected chi connectivity index (χ4v) is 4.35. The van der Waals surface area contributed by atoms with Crippen molar-refractivity contribution in [3.8, 4) is 0 Å². The first-order valence-electron chi connectivity index (χ1n) is 10.4. The quantitative estimate of drug-likeness (QED) is 0.452. The number of amides is 1. The van der Waals surface area contributed by atoms with Gasteiger partial charge in [-0.15, -0.1) is 0 Å². The molecule has 0 unspecified atom stereocenters. The Labute approximate surface area is 164 Å². The summed E-state index contributed by atoms with van der Waals surface area (Å²) in [5.41, 5.74) is 1.37. The number of likely N-dealkylation sites (N-methyl/N-ethyl adjacent to an activating group) is 1. The lowest BCUT2D eigenvalue weighted by Gasteiger charge is -2.17. The monoisotopic (exact) mass is 379 g/mol. The van der Waals surface area contributed by atoms with Crippen LogP contribution in [0.1, 0.15) is 51.9 Å². The normalized spacial score (nSPS) is 30.2. The van der Waals surface area contributed by atoms with Gasteiger partial charge in [-0.1, -0.05) is 50.0 Å². The highest BCUT2D eigenvalue weighted by Gasteiger charge is 2.44. The number of ether oxygens (including phenoxy) is 1. The van der Waals surface area contributed by atoms with Crippen LogP contribution in [0.5, 0.6) is 0 Å². The highest BCUT2D eigenvalue weighted by atomic mass is 16.5. The molecule has 0 aromatic heterocycles. The van der Waals surface area contributed by atoms with Crippen molar-refractivity contribution >= 4 is 5.91 Å². The number of hydrogen-bond donors (Lipinski definition) is 2. The largest absolute Gasteiger partial charge is 0.392 e. The van der Waals surface area contributed by atoms with Crippen LogP contribution in [0.3, 0.4) is 0 Å². The zero-order valence-corrected chi connectivity index (χ0v) is 17.1. The Balaban J connectivity index is 1.80. The Morgan fingerprint density at radius 3 is 2.81 bits per heavy atom. The van der Waals surface area contributed by atoms with Crippen molar-refractivity contribution in [1.29, 1.82) is 0 Å². The molecule has 2 saturated carbocycles. The van der Waals surface area contributed by atoms with E-state index in [1.165, 1.54) is 10.5 Å². The Bertz CT molecular complexity index is 528. The average molecular weight is 380 g/mol. The summed E-state index contributed by atoms with van der Waals surface area (Å²) in [6, 6.07) is 0. The lowest BCUT2D eigenvalue weighted by molar-refractivity contribution is -0.133. The number of hydrogen-bond acceptors (Lipinski definition) is 4. The molecule has 0 aromatic carbocycles. The van der Waals surface area contributed by atoms with Crippen LogP contribution in [-0.2, 0) is 9.53 Å². The maximum atomic E-state index is 11.5. The molecule has 5 nitrogen and oxygen atoms in total. The molecule has 0 aliphatic heterocycles. The third-order valence-electron chi connectivity index (χ3n) is 5.98. The fourth-order valence-electron chi connectivity index (χ4n) is 4.35. The maximum Gasteiger partial charge on any atom is 0.248 e. The summed E-state index contributed by atoms with van der Waals surface area (Å²) in [5, 5.41) is 20.5. The van der Waals surface area contributed by atoms with Gasteiger partial charge in [-0.3, -0.25) is 4.79 Å². The van der Waals surface area contributed by atoms with Gasteiger partial charge in [0, 0.05) is 20.0 Å². The van der Waals surface area contributed by atoms with E-state index in [-0.39, 0.29) is 24.5 Å². The predicted molar refractivity (Wildman–Crippen MR) is 107 cm³/mol. The SMILES string of the molecule is CCCCC[C@H](O)C=C[C@@H]1[C@H]2CC(=CCOCC(=O)N(C)C)C[C@H]2C[C@H]1O. The molecule has 27 heavy (non-hydrogen) atoms. The highest BCUT2D eigenvalue weighted by molar-refractivity contribution is 5.76. The van der Waals surface area contributed by atoms with Crippen LogP contribution in [0.4, 0.5) is 0 Å². The molecule has 0 saturated heterocycles. The van der Waals surface area contributed by atoms with Gasteiger partial charge in [0.1, 0.15) is 6.61 Å². The Morgan fingerprint density at radius 2 is 2.11 bits per heavy atom. The maximum absolute atomic E-state index is 11.5. The number of carbonyl (C=O) groups is 1. The van der Waals surface area contributed by atoms with E-state index >= 15 is 0 Å². The first-order valence-corrected chi connectivity index (χ1v) is 10.4. The van der Waals surface area contributed by atoms with Crippen LogP contribution >= 0.6 is 0 Å². The van der Waals surface area contributed by atoms with E-state index in [1.54, 1.807) is 14.1 Å². The molecule has 2 rings (SSSR count). The molecule has 154 valence electrons. The smallest absolute Gasteiger partial charge is 0.248 e. The topological polar surface area (TPSA) is 70.0 Å². The highest BCUT2D eigenvalue weighted by Crippen LogP contribution is 2.50. The summed E-state index contributed by atoms with van der Waals surface area (Å²) in [6.07, 6.45) is 12.3. The summed E-state index contributed by atoms with van der Waals surface area (Å²) in [4.78, 5) is 13.0. The molecule has 0 spiro atoms. The van der Waals surface area contributed by atoms with Gasteiger partial charge in [-0.25, -0.2) is 0 Å².